The van der Waals surface area contributed by atoms with Crippen molar-refractivity contribution in [2.45, 2.75) is 31.8 Å². The van der Waals surface area contributed by atoms with Crippen molar-refractivity contribution in [1.29, 1.82) is 0 Å². The van der Waals surface area contributed by atoms with E-state index >= 15 is 0 Å². The molecule has 20 heavy (non-hydrogen) atoms. The van der Waals surface area contributed by atoms with Gasteiger partial charge in [-0.05, 0) is 44.7 Å². The van der Waals surface area contributed by atoms with Crippen LogP contribution in [0.2, 0.25) is 0 Å². The summed E-state index contributed by atoms with van der Waals surface area (Å²) in [6.45, 7) is 2.58. The molecule has 2 nitrogen and oxygen atoms in total. The molecule has 0 amide bonds. The third-order valence-corrected chi connectivity index (χ3v) is 3.79. The fourth-order valence-electron chi connectivity index (χ4n) is 2.58. The first-order chi connectivity index (χ1) is 9.49. The molecule has 0 spiro atoms. The number of hydrogen-bond acceptors (Lipinski definition) is 2. The van der Waals surface area contributed by atoms with Gasteiger partial charge in [-0.3, -0.25) is 0 Å². The minimum absolute atomic E-state index is 0.120. The third-order valence-electron chi connectivity index (χ3n) is 3.79. The van der Waals surface area contributed by atoms with E-state index < -0.39 is 17.2 Å². The van der Waals surface area contributed by atoms with Crippen molar-refractivity contribution in [1.82, 2.24) is 5.32 Å². The van der Waals surface area contributed by atoms with Gasteiger partial charge in [-0.1, -0.05) is 18.2 Å². The van der Waals surface area contributed by atoms with E-state index in [1.165, 1.54) is 19.1 Å². The van der Waals surface area contributed by atoms with Crippen LogP contribution in [0.3, 0.4) is 0 Å². The van der Waals surface area contributed by atoms with E-state index in [9.17, 15) is 13.9 Å². The molecule has 0 saturated carbocycles. The van der Waals surface area contributed by atoms with Gasteiger partial charge in [-0.25, -0.2) is 8.78 Å². The molecule has 2 unspecified atom stereocenters. The van der Waals surface area contributed by atoms with E-state index in [4.69, 9.17) is 0 Å². The molecule has 0 aliphatic heterocycles. The Balaban J connectivity index is 1.91. The highest BCUT2D eigenvalue weighted by atomic mass is 19.1. The van der Waals surface area contributed by atoms with Gasteiger partial charge in [-0.15, -0.1) is 0 Å². The number of benzene rings is 1. The number of allylic oxidation sites excluding steroid dienone is 2. The van der Waals surface area contributed by atoms with Crippen LogP contribution in [0.4, 0.5) is 8.78 Å². The highest BCUT2D eigenvalue weighted by Gasteiger charge is 2.26. The number of aliphatic hydroxyl groups is 1. The predicted octanol–water partition coefficient (Wildman–Crippen LogP) is 3.12. The third kappa shape index (κ3) is 3.87. The van der Waals surface area contributed by atoms with Crippen LogP contribution in [-0.2, 0) is 5.60 Å². The molecule has 2 atom stereocenters. The maximum Gasteiger partial charge on any atom is 0.132 e. The Hall–Kier alpha value is -1.26. The zero-order valence-corrected chi connectivity index (χ0v) is 11.7. The smallest absolute Gasteiger partial charge is 0.132 e. The van der Waals surface area contributed by atoms with E-state index in [1.54, 1.807) is 0 Å². The maximum atomic E-state index is 13.7. The molecule has 0 radical (unpaired) electrons. The van der Waals surface area contributed by atoms with Crippen LogP contribution in [0, 0.1) is 17.6 Å². The molecule has 0 heterocycles. The summed E-state index contributed by atoms with van der Waals surface area (Å²) in [6, 6.07) is 3.27. The van der Waals surface area contributed by atoms with E-state index in [0.717, 1.165) is 31.9 Å². The molecular weight excluding hydrogens is 260 g/mol. The van der Waals surface area contributed by atoms with Gasteiger partial charge in [0.05, 0.1) is 0 Å². The molecule has 1 aliphatic carbocycles. The van der Waals surface area contributed by atoms with Crippen LogP contribution in [0.25, 0.3) is 0 Å². The maximum absolute atomic E-state index is 13.7. The normalized spacial score (nSPS) is 21.7. The zero-order chi connectivity index (χ0) is 14.6. The van der Waals surface area contributed by atoms with Crippen molar-refractivity contribution >= 4 is 0 Å². The molecular formula is C16H21F2NO. The second-order valence-corrected chi connectivity index (χ2v) is 5.68. The SMILES string of the molecule is CC(O)(CNCC1CC=CCC1)c1ccc(F)cc1F. The highest BCUT2D eigenvalue weighted by molar-refractivity contribution is 5.24. The average Bonchev–Trinajstić information content (AvgIpc) is 2.39. The molecule has 1 aromatic rings. The van der Waals surface area contributed by atoms with Crippen LogP contribution < -0.4 is 5.32 Å². The van der Waals surface area contributed by atoms with Gasteiger partial charge in [0.1, 0.15) is 17.2 Å². The van der Waals surface area contributed by atoms with E-state index in [1.807, 2.05) is 0 Å². The first-order valence-electron chi connectivity index (χ1n) is 7.02. The summed E-state index contributed by atoms with van der Waals surface area (Å²) < 4.78 is 26.6. The molecule has 0 aromatic heterocycles. The molecule has 1 aromatic carbocycles. The summed E-state index contributed by atoms with van der Waals surface area (Å²) >= 11 is 0. The number of hydrogen-bond donors (Lipinski definition) is 2. The standard InChI is InChI=1S/C16H21F2NO/c1-16(20,14-8-7-13(17)9-15(14)18)11-19-10-12-5-3-2-4-6-12/h2-3,7-9,12,19-20H,4-6,10-11H2,1H3. The van der Waals surface area contributed by atoms with Crippen molar-refractivity contribution < 1.29 is 13.9 Å². The Kier molecular flexibility index (Phi) is 4.89. The Labute approximate surface area is 118 Å². The second-order valence-electron chi connectivity index (χ2n) is 5.68. The predicted molar refractivity (Wildman–Crippen MR) is 75.3 cm³/mol. The molecule has 0 bridgehead atoms. The van der Waals surface area contributed by atoms with Crippen LogP contribution in [0.1, 0.15) is 31.7 Å². The summed E-state index contributed by atoms with van der Waals surface area (Å²) in [5.41, 5.74) is -1.22. The molecule has 4 heteroatoms. The summed E-state index contributed by atoms with van der Waals surface area (Å²) in [6.07, 6.45) is 7.63. The van der Waals surface area contributed by atoms with Crippen LogP contribution >= 0.6 is 0 Å². The van der Waals surface area contributed by atoms with Gasteiger partial charge in [-0.2, -0.15) is 0 Å². The highest BCUT2D eigenvalue weighted by Crippen LogP contribution is 2.24. The van der Waals surface area contributed by atoms with Crippen molar-refractivity contribution in [3.05, 3.63) is 47.5 Å². The lowest BCUT2D eigenvalue weighted by Crippen LogP contribution is -2.38. The monoisotopic (exact) mass is 281 g/mol. The van der Waals surface area contributed by atoms with Gasteiger partial charge in [0.25, 0.3) is 0 Å². The summed E-state index contributed by atoms with van der Waals surface area (Å²) in [4.78, 5) is 0. The second kappa shape index (κ2) is 6.46. The topological polar surface area (TPSA) is 32.3 Å². The number of rotatable bonds is 5. The van der Waals surface area contributed by atoms with Crippen LogP contribution in [0.15, 0.2) is 30.4 Å². The van der Waals surface area contributed by atoms with Crippen LogP contribution in [-0.4, -0.2) is 18.2 Å². The van der Waals surface area contributed by atoms with Gasteiger partial charge in [0, 0.05) is 18.2 Å². The van der Waals surface area contributed by atoms with Crippen molar-refractivity contribution in [2.24, 2.45) is 5.92 Å². The van der Waals surface area contributed by atoms with Crippen LogP contribution in [0.5, 0.6) is 0 Å². The molecule has 0 fully saturated rings. The molecule has 0 saturated heterocycles. The largest absolute Gasteiger partial charge is 0.384 e. The Bertz CT molecular complexity index is 485. The fourth-order valence-corrected chi connectivity index (χ4v) is 2.58. The quantitative estimate of drug-likeness (QED) is 0.813. The van der Waals surface area contributed by atoms with Gasteiger partial charge >= 0.3 is 0 Å². The lowest BCUT2D eigenvalue weighted by Gasteiger charge is -2.26. The number of halogens is 2. The van der Waals surface area contributed by atoms with Crippen molar-refractivity contribution in [3.63, 3.8) is 0 Å². The summed E-state index contributed by atoms with van der Waals surface area (Å²) in [5.74, 6) is -0.782. The molecule has 110 valence electrons. The Morgan fingerprint density at radius 3 is 2.80 bits per heavy atom. The van der Waals surface area contributed by atoms with Gasteiger partial charge < -0.3 is 10.4 Å². The van der Waals surface area contributed by atoms with E-state index in [-0.39, 0.29) is 12.1 Å². The fraction of sp³-hybridized carbons (Fsp3) is 0.500. The van der Waals surface area contributed by atoms with Crippen molar-refractivity contribution in [3.8, 4) is 0 Å². The Morgan fingerprint density at radius 2 is 2.15 bits per heavy atom. The van der Waals surface area contributed by atoms with E-state index in [2.05, 4.69) is 17.5 Å². The zero-order valence-electron chi connectivity index (χ0n) is 11.7. The first-order valence-corrected chi connectivity index (χ1v) is 7.02. The molecule has 2 rings (SSSR count). The Morgan fingerprint density at radius 1 is 1.35 bits per heavy atom. The minimum Gasteiger partial charge on any atom is -0.384 e. The minimum atomic E-state index is -1.34. The van der Waals surface area contributed by atoms with Gasteiger partial charge in [0.2, 0.25) is 0 Å². The lowest BCUT2D eigenvalue weighted by molar-refractivity contribution is 0.0521. The first kappa shape index (κ1) is 15.1. The molecule has 1 aliphatic rings. The van der Waals surface area contributed by atoms with Crippen molar-refractivity contribution in [2.75, 3.05) is 13.1 Å². The molecule has 2 N–H and O–H groups in total. The summed E-state index contributed by atoms with van der Waals surface area (Å²) in [5, 5.41) is 13.5. The lowest BCUT2D eigenvalue weighted by atomic mass is 9.92. The summed E-state index contributed by atoms with van der Waals surface area (Å²) in [7, 11) is 0. The van der Waals surface area contributed by atoms with Gasteiger partial charge in [0.15, 0.2) is 0 Å². The van der Waals surface area contributed by atoms with E-state index in [0.29, 0.717) is 5.92 Å². The average molecular weight is 281 g/mol. The number of nitrogens with one attached hydrogen (secondary N) is 1.